The number of carboxylic acids is 1. The monoisotopic (exact) mass is 465 g/mol. The summed E-state index contributed by atoms with van der Waals surface area (Å²) in [7, 11) is 0. The number of aromatic carboxylic acids is 1. The summed E-state index contributed by atoms with van der Waals surface area (Å²) in [5.74, 6) is 0.396. The number of halogens is 1. The molecule has 4 rings (SSSR count). The standard InChI is InChI=1S/C26H28ClN3O3/c1-17(2)33-21-12-5-18(6-13-21)7-14-23-22(25(31)32)16-28-26(29-23)30-15-3-4-24(30)19-8-10-20(27)11-9-19/h5-6,8-13,16-17,24H,3-4,7,14-15H2,1-2H3,(H,31,32)/t24-/m0/s1. The smallest absolute Gasteiger partial charge is 0.339 e. The highest BCUT2D eigenvalue weighted by Gasteiger charge is 2.29. The summed E-state index contributed by atoms with van der Waals surface area (Å²) in [5, 5.41) is 10.4. The molecule has 3 aromatic rings. The fourth-order valence-corrected chi connectivity index (χ4v) is 4.35. The molecule has 33 heavy (non-hydrogen) atoms. The number of aromatic nitrogens is 2. The van der Waals surface area contributed by atoms with Gasteiger partial charge in [0.25, 0.3) is 0 Å². The van der Waals surface area contributed by atoms with Crippen LogP contribution in [0.2, 0.25) is 5.02 Å². The van der Waals surface area contributed by atoms with E-state index in [9.17, 15) is 9.90 Å². The number of hydrogen-bond donors (Lipinski definition) is 1. The van der Waals surface area contributed by atoms with Crippen molar-refractivity contribution in [2.45, 2.75) is 51.7 Å². The van der Waals surface area contributed by atoms with Gasteiger partial charge in [0.15, 0.2) is 0 Å². The minimum atomic E-state index is -1.01. The third kappa shape index (κ3) is 5.63. The van der Waals surface area contributed by atoms with Crippen LogP contribution in [0.3, 0.4) is 0 Å². The van der Waals surface area contributed by atoms with Crippen molar-refractivity contribution >= 4 is 23.5 Å². The number of aryl methyl sites for hydroxylation is 2. The van der Waals surface area contributed by atoms with Crippen LogP contribution in [0, 0.1) is 0 Å². The van der Waals surface area contributed by atoms with Crippen LogP contribution < -0.4 is 9.64 Å². The highest BCUT2D eigenvalue weighted by Crippen LogP contribution is 2.35. The van der Waals surface area contributed by atoms with E-state index in [1.807, 2.05) is 62.4 Å². The van der Waals surface area contributed by atoms with E-state index in [2.05, 4.69) is 9.88 Å². The molecule has 2 heterocycles. The Balaban J connectivity index is 1.54. The van der Waals surface area contributed by atoms with Gasteiger partial charge in [0.2, 0.25) is 5.95 Å². The van der Waals surface area contributed by atoms with Crippen molar-refractivity contribution in [1.29, 1.82) is 0 Å². The van der Waals surface area contributed by atoms with Crippen molar-refractivity contribution in [3.05, 3.63) is 82.1 Å². The van der Waals surface area contributed by atoms with Crippen LogP contribution in [0.25, 0.3) is 0 Å². The van der Waals surface area contributed by atoms with E-state index >= 15 is 0 Å². The van der Waals surface area contributed by atoms with Gasteiger partial charge < -0.3 is 14.7 Å². The average molecular weight is 466 g/mol. The molecule has 0 unspecified atom stereocenters. The van der Waals surface area contributed by atoms with E-state index in [0.717, 1.165) is 36.3 Å². The molecule has 1 fully saturated rings. The summed E-state index contributed by atoms with van der Waals surface area (Å²) in [4.78, 5) is 23.1. The van der Waals surface area contributed by atoms with Crippen LogP contribution in [0.5, 0.6) is 5.75 Å². The Morgan fingerprint density at radius 3 is 2.55 bits per heavy atom. The Kier molecular flexibility index (Phi) is 7.14. The summed E-state index contributed by atoms with van der Waals surface area (Å²) < 4.78 is 5.70. The number of nitrogens with zero attached hydrogens (tertiary/aromatic N) is 3. The highest BCUT2D eigenvalue weighted by atomic mass is 35.5. The van der Waals surface area contributed by atoms with Crippen molar-refractivity contribution < 1.29 is 14.6 Å². The molecule has 1 saturated heterocycles. The molecule has 1 atom stereocenters. The van der Waals surface area contributed by atoms with Gasteiger partial charge in [-0.3, -0.25) is 0 Å². The van der Waals surface area contributed by atoms with Gasteiger partial charge in [-0.2, -0.15) is 0 Å². The third-order valence-corrected chi connectivity index (χ3v) is 6.05. The van der Waals surface area contributed by atoms with Gasteiger partial charge in [0, 0.05) is 17.8 Å². The van der Waals surface area contributed by atoms with Gasteiger partial charge in [-0.1, -0.05) is 35.9 Å². The molecule has 0 radical (unpaired) electrons. The van der Waals surface area contributed by atoms with Gasteiger partial charge in [-0.25, -0.2) is 14.8 Å². The van der Waals surface area contributed by atoms with Crippen molar-refractivity contribution in [2.24, 2.45) is 0 Å². The first-order chi connectivity index (χ1) is 15.9. The largest absolute Gasteiger partial charge is 0.491 e. The zero-order valence-electron chi connectivity index (χ0n) is 18.9. The number of benzene rings is 2. The van der Waals surface area contributed by atoms with Crippen LogP contribution in [-0.4, -0.2) is 33.7 Å². The Hall–Kier alpha value is -3.12. The lowest BCUT2D eigenvalue weighted by Gasteiger charge is -2.25. The molecule has 7 heteroatoms. The molecule has 6 nitrogen and oxygen atoms in total. The number of carbonyl (C=O) groups is 1. The SMILES string of the molecule is CC(C)Oc1ccc(CCc2nc(N3CCC[C@H]3c3ccc(Cl)cc3)ncc2C(=O)O)cc1. The Bertz CT molecular complexity index is 1100. The fraction of sp³-hybridized carbons (Fsp3) is 0.346. The molecular weight excluding hydrogens is 438 g/mol. The maximum atomic E-state index is 11.8. The predicted octanol–water partition coefficient (Wildman–Crippen LogP) is 5.74. The summed E-state index contributed by atoms with van der Waals surface area (Å²) >= 11 is 6.05. The Morgan fingerprint density at radius 1 is 1.15 bits per heavy atom. The third-order valence-electron chi connectivity index (χ3n) is 5.80. The van der Waals surface area contributed by atoms with E-state index in [-0.39, 0.29) is 17.7 Å². The quantitative estimate of drug-likeness (QED) is 0.457. The highest BCUT2D eigenvalue weighted by molar-refractivity contribution is 6.30. The van der Waals surface area contributed by atoms with Crippen LogP contribution in [0.15, 0.2) is 54.7 Å². The maximum absolute atomic E-state index is 11.8. The summed E-state index contributed by atoms with van der Waals surface area (Å²) in [6.07, 6.45) is 4.77. The lowest BCUT2D eigenvalue weighted by Crippen LogP contribution is -2.25. The molecule has 1 aliphatic heterocycles. The molecule has 172 valence electrons. The second kappa shape index (κ2) is 10.2. The number of anilines is 1. The van der Waals surface area contributed by atoms with Crippen LogP contribution in [0.4, 0.5) is 5.95 Å². The maximum Gasteiger partial charge on any atom is 0.339 e. The van der Waals surface area contributed by atoms with Crippen molar-refractivity contribution in [3.63, 3.8) is 0 Å². The van der Waals surface area contributed by atoms with Crippen LogP contribution in [0.1, 0.15) is 59.9 Å². The van der Waals surface area contributed by atoms with Crippen LogP contribution >= 0.6 is 11.6 Å². The summed E-state index contributed by atoms with van der Waals surface area (Å²) in [6.45, 7) is 4.81. The van der Waals surface area contributed by atoms with Gasteiger partial charge in [-0.15, -0.1) is 0 Å². The lowest BCUT2D eigenvalue weighted by atomic mass is 10.0. The van der Waals surface area contributed by atoms with Crippen molar-refractivity contribution in [1.82, 2.24) is 9.97 Å². The second-order valence-electron chi connectivity index (χ2n) is 8.55. The van der Waals surface area contributed by atoms with Gasteiger partial charge in [0.1, 0.15) is 5.75 Å². The molecule has 0 bridgehead atoms. The Morgan fingerprint density at radius 2 is 1.88 bits per heavy atom. The molecule has 1 aromatic heterocycles. The zero-order valence-corrected chi connectivity index (χ0v) is 19.6. The molecule has 0 aliphatic carbocycles. The first-order valence-electron chi connectivity index (χ1n) is 11.3. The van der Waals surface area contributed by atoms with E-state index in [4.69, 9.17) is 21.3 Å². The first kappa shape index (κ1) is 23.1. The minimum Gasteiger partial charge on any atom is -0.491 e. The Labute approximate surface area is 199 Å². The zero-order chi connectivity index (χ0) is 23.4. The van der Waals surface area contributed by atoms with Gasteiger partial charge in [0.05, 0.1) is 23.4 Å². The molecule has 1 N–H and O–H groups in total. The summed E-state index contributed by atoms with van der Waals surface area (Å²) in [6, 6.07) is 15.9. The molecule has 1 aliphatic rings. The summed E-state index contributed by atoms with van der Waals surface area (Å²) in [5.41, 5.74) is 2.97. The molecular formula is C26H28ClN3O3. The van der Waals surface area contributed by atoms with Crippen molar-refractivity contribution in [3.8, 4) is 5.75 Å². The number of rotatable bonds is 8. The van der Waals surface area contributed by atoms with Crippen molar-refractivity contribution in [2.75, 3.05) is 11.4 Å². The molecule has 0 saturated carbocycles. The topological polar surface area (TPSA) is 75.5 Å². The van der Waals surface area contributed by atoms with Crippen LogP contribution in [-0.2, 0) is 12.8 Å². The fourth-order valence-electron chi connectivity index (χ4n) is 4.22. The second-order valence-corrected chi connectivity index (χ2v) is 8.99. The molecule has 0 spiro atoms. The average Bonchev–Trinajstić information content (AvgIpc) is 3.28. The number of carboxylic acid groups (broad SMARTS) is 1. The molecule has 0 amide bonds. The minimum absolute atomic E-state index is 0.121. The molecule has 2 aromatic carbocycles. The number of ether oxygens (including phenoxy) is 1. The first-order valence-corrected chi connectivity index (χ1v) is 11.7. The van der Waals surface area contributed by atoms with E-state index < -0.39 is 5.97 Å². The van der Waals surface area contributed by atoms with E-state index in [0.29, 0.717) is 29.5 Å². The predicted molar refractivity (Wildman–Crippen MR) is 129 cm³/mol. The lowest BCUT2D eigenvalue weighted by molar-refractivity contribution is 0.0694. The van der Waals surface area contributed by atoms with E-state index in [1.54, 1.807) is 0 Å². The van der Waals surface area contributed by atoms with E-state index in [1.165, 1.54) is 6.20 Å². The van der Waals surface area contributed by atoms with Gasteiger partial charge >= 0.3 is 5.97 Å². The number of hydrogen-bond acceptors (Lipinski definition) is 5. The van der Waals surface area contributed by atoms with Gasteiger partial charge in [-0.05, 0) is 74.9 Å². The normalized spacial score (nSPS) is 15.8.